The number of aromatic hydroxyl groups is 1. The van der Waals surface area contributed by atoms with Crippen molar-refractivity contribution in [2.45, 2.75) is 10.6 Å². The summed E-state index contributed by atoms with van der Waals surface area (Å²) in [5.41, 5.74) is 0.965. The van der Waals surface area contributed by atoms with Gasteiger partial charge in [0.1, 0.15) is 5.75 Å². The van der Waals surface area contributed by atoms with Gasteiger partial charge < -0.3 is 5.11 Å². The van der Waals surface area contributed by atoms with Crippen LogP contribution in [-0.4, -0.2) is 5.11 Å². The molecule has 0 aliphatic heterocycles. The van der Waals surface area contributed by atoms with E-state index in [1.54, 1.807) is 24.3 Å². The number of phenolic OH excluding ortho intramolecular Hbond substituents is 1. The highest BCUT2D eigenvalue weighted by Crippen LogP contribution is 2.33. The molecule has 0 amide bonds. The molecule has 0 heterocycles. The van der Waals surface area contributed by atoms with Crippen molar-refractivity contribution >= 4 is 35.0 Å². The number of phenols is 1. The molecule has 88 valence electrons. The van der Waals surface area contributed by atoms with Crippen molar-refractivity contribution in [3.8, 4) is 5.75 Å². The molecule has 4 heteroatoms. The zero-order chi connectivity index (χ0) is 12.3. The van der Waals surface area contributed by atoms with Crippen LogP contribution in [0.3, 0.4) is 0 Å². The lowest BCUT2D eigenvalue weighted by molar-refractivity contribution is 0.462. The van der Waals surface area contributed by atoms with E-state index in [1.807, 2.05) is 18.2 Å². The number of benzene rings is 2. The van der Waals surface area contributed by atoms with Crippen LogP contribution in [0, 0.1) is 0 Å². The van der Waals surface area contributed by atoms with E-state index in [1.165, 1.54) is 11.8 Å². The highest BCUT2D eigenvalue weighted by Gasteiger charge is 2.05. The van der Waals surface area contributed by atoms with Crippen LogP contribution >= 0.6 is 35.0 Å². The van der Waals surface area contributed by atoms with E-state index in [0.717, 1.165) is 10.5 Å². The average molecular weight is 285 g/mol. The number of hydrogen-bond acceptors (Lipinski definition) is 2. The van der Waals surface area contributed by atoms with Crippen LogP contribution < -0.4 is 0 Å². The number of hydrogen-bond donors (Lipinski definition) is 1. The van der Waals surface area contributed by atoms with Gasteiger partial charge in [-0.2, -0.15) is 0 Å². The summed E-state index contributed by atoms with van der Waals surface area (Å²) in [5, 5.41) is 11.0. The predicted octanol–water partition coefficient (Wildman–Crippen LogP) is 4.99. The molecular formula is C13H10Cl2OS. The number of halogens is 2. The Kier molecular flexibility index (Phi) is 4.21. The van der Waals surface area contributed by atoms with Crippen LogP contribution in [0.25, 0.3) is 0 Å². The van der Waals surface area contributed by atoms with E-state index in [9.17, 15) is 5.11 Å². The minimum Gasteiger partial charge on any atom is -0.507 e. The molecule has 0 saturated heterocycles. The van der Waals surface area contributed by atoms with Crippen molar-refractivity contribution < 1.29 is 5.11 Å². The van der Waals surface area contributed by atoms with Gasteiger partial charge in [-0.1, -0.05) is 35.3 Å². The Bertz CT molecular complexity index is 529. The Balaban J connectivity index is 2.12. The van der Waals surface area contributed by atoms with Gasteiger partial charge in [0, 0.05) is 20.7 Å². The molecule has 0 unspecified atom stereocenters. The predicted molar refractivity (Wildman–Crippen MR) is 74.1 cm³/mol. The molecule has 0 aliphatic carbocycles. The quantitative estimate of drug-likeness (QED) is 0.801. The van der Waals surface area contributed by atoms with E-state index in [0.29, 0.717) is 15.8 Å². The van der Waals surface area contributed by atoms with E-state index in [-0.39, 0.29) is 5.75 Å². The first-order chi connectivity index (χ1) is 8.16. The van der Waals surface area contributed by atoms with E-state index >= 15 is 0 Å². The highest BCUT2D eigenvalue weighted by molar-refractivity contribution is 7.98. The molecule has 0 saturated carbocycles. The van der Waals surface area contributed by atoms with E-state index in [4.69, 9.17) is 23.2 Å². The SMILES string of the molecule is Oc1ccccc1SCc1cc(Cl)ccc1Cl. The van der Waals surface area contributed by atoms with Gasteiger partial charge in [-0.3, -0.25) is 0 Å². The first kappa shape index (κ1) is 12.6. The zero-order valence-electron chi connectivity index (χ0n) is 8.86. The van der Waals surface area contributed by atoms with Crippen molar-refractivity contribution in [3.05, 3.63) is 58.1 Å². The van der Waals surface area contributed by atoms with Crippen molar-refractivity contribution in [2.75, 3.05) is 0 Å². The molecule has 1 nitrogen and oxygen atoms in total. The first-order valence-corrected chi connectivity index (χ1v) is 6.75. The molecule has 0 spiro atoms. The lowest BCUT2D eigenvalue weighted by Gasteiger charge is -2.06. The maximum absolute atomic E-state index is 9.63. The minimum atomic E-state index is 0.288. The van der Waals surface area contributed by atoms with Gasteiger partial charge in [0.25, 0.3) is 0 Å². The third-order valence-electron chi connectivity index (χ3n) is 2.26. The maximum atomic E-state index is 9.63. The first-order valence-electron chi connectivity index (χ1n) is 5.01. The topological polar surface area (TPSA) is 20.2 Å². The average Bonchev–Trinajstić information content (AvgIpc) is 2.32. The summed E-state index contributed by atoms with van der Waals surface area (Å²) in [5.74, 6) is 0.965. The molecule has 0 bridgehead atoms. The molecule has 2 aromatic rings. The van der Waals surface area contributed by atoms with Gasteiger partial charge in [0.05, 0.1) is 0 Å². The van der Waals surface area contributed by atoms with Gasteiger partial charge >= 0.3 is 0 Å². The molecule has 2 aromatic carbocycles. The second kappa shape index (κ2) is 5.67. The Morgan fingerprint density at radius 2 is 1.82 bits per heavy atom. The second-order valence-corrected chi connectivity index (χ2v) is 5.35. The lowest BCUT2D eigenvalue weighted by atomic mass is 10.2. The number of rotatable bonds is 3. The molecule has 0 radical (unpaired) electrons. The van der Waals surface area contributed by atoms with Crippen molar-refractivity contribution in [3.63, 3.8) is 0 Å². The Morgan fingerprint density at radius 3 is 2.59 bits per heavy atom. The van der Waals surface area contributed by atoms with Crippen LogP contribution in [0.4, 0.5) is 0 Å². The summed E-state index contributed by atoms with van der Waals surface area (Å²) in [6.07, 6.45) is 0. The summed E-state index contributed by atoms with van der Waals surface area (Å²) in [4.78, 5) is 0.837. The van der Waals surface area contributed by atoms with Crippen molar-refractivity contribution in [2.24, 2.45) is 0 Å². The fourth-order valence-electron chi connectivity index (χ4n) is 1.39. The van der Waals surface area contributed by atoms with Gasteiger partial charge in [0.15, 0.2) is 0 Å². The molecule has 0 atom stereocenters. The summed E-state index contributed by atoms with van der Waals surface area (Å²) < 4.78 is 0. The van der Waals surface area contributed by atoms with Crippen LogP contribution in [0.5, 0.6) is 5.75 Å². The third kappa shape index (κ3) is 3.32. The monoisotopic (exact) mass is 284 g/mol. The highest BCUT2D eigenvalue weighted by atomic mass is 35.5. The summed E-state index contributed by atoms with van der Waals surface area (Å²) in [6, 6.07) is 12.6. The summed E-state index contributed by atoms with van der Waals surface area (Å²) in [6.45, 7) is 0. The van der Waals surface area contributed by atoms with Crippen molar-refractivity contribution in [1.82, 2.24) is 0 Å². The zero-order valence-corrected chi connectivity index (χ0v) is 11.2. The Morgan fingerprint density at radius 1 is 1.06 bits per heavy atom. The number of thioether (sulfide) groups is 1. The minimum absolute atomic E-state index is 0.288. The van der Waals surface area contributed by atoms with E-state index in [2.05, 4.69) is 0 Å². The Hall–Kier alpha value is -0.830. The molecule has 0 aromatic heterocycles. The standard InChI is InChI=1S/C13H10Cl2OS/c14-10-5-6-11(15)9(7-10)8-17-13-4-2-1-3-12(13)16/h1-7,16H,8H2. The molecule has 1 N–H and O–H groups in total. The number of para-hydroxylation sites is 1. The fraction of sp³-hybridized carbons (Fsp3) is 0.0769. The normalized spacial score (nSPS) is 10.5. The van der Waals surface area contributed by atoms with Gasteiger partial charge in [-0.15, -0.1) is 11.8 Å². The molecule has 17 heavy (non-hydrogen) atoms. The third-order valence-corrected chi connectivity index (χ3v) is 3.97. The fourth-order valence-corrected chi connectivity index (χ4v) is 2.79. The van der Waals surface area contributed by atoms with Gasteiger partial charge in [-0.25, -0.2) is 0 Å². The summed E-state index contributed by atoms with van der Waals surface area (Å²) in [7, 11) is 0. The summed E-state index contributed by atoms with van der Waals surface area (Å²) >= 11 is 13.5. The van der Waals surface area contributed by atoms with E-state index < -0.39 is 0 Å². The molecular weight excluding hydrogens is 275 g/mol. The molecule has 2 rings (SSSR count). The van der Waals surface area contributed by atoms with Crippen LogP contribution in [-0.2, 0) is 5.75 Å². The molecule has 0 aliphatic rings. The van der Waals surface area contributed by atoms with Crippen LogP contribution in [0.1, 0.15) is 5.56 Å². The Labute approximate surface area is 114 Å². The maximum Gasteiger partial charge on any atom is 0.129 e. The van der Waals surface area contributed by atoms with Gasteiger partial charge in [0.2, 0.25) is 0 Å². The van der Waals surface area contributed by atoms with Crippen LogP contribution in [0.2, 0.25) is 10.0 Å². The second-order valence-electron chi connectivity index (χ2n) is 3.49. The van der Waals surface area contributed by atoms with Crippen molar-refractivity contribution in [1.29, 1.82) is 0 Å². The lowest BCUT2D eigenvalue weighted by Crippen LogP contribution is -1.83. The smallest absolute Gasteiger partial charge is 0.129 e. The molecule has 0 fully saturated rings. The van der Waals surface area contributed by atoms with Gasteiger partial charge in [-0.05, 0) is 35.9 Å². The van der Waals surface area contributed by atoms with Crippen LogP contribution in [0.15, 0.2) is 47.4 Å². The largest absolute Gasteiger partial charge is 0.507 e.